The Hall–Kier alpha value is -4.68. The van der Waals surface area contributed by atoms with Crippen molar-refractivity contribution in [1.82, 2.24) is 9.97 Å². The van der Waals surface area contributed by atoms with Crippen LogP contribution in [0.15, 0.2) is 24.5 Å². The number of anilines is 3. The highest BCUT2D eigenvalue weighted by Crippen LogP contribution is 2.42. The van der Waals surface area contributed by atoms with Crippen LogP contribution in [0.2, 0.25) is 0 Å². The summed E-state index contributed by atoms with van der Waals surface area (Å²) < 4.78 is 38.8. The van der Waals surface area contributed by atoms with Gasteiger partial charge in [-0.2, -0.15) is 0 Å². The van der Waals surface area contributed by atoms with Crippen molar-refractivity contribution in [2.24, 2.45) is 5.92 Å². The van der Waals surface area contributed by atoms with Gasteiger partial charge in [-0.25, -0.2) is 28.7 Å². The fourth-order valence-electron chi connectivity index (χ4n) is 5.38. The summed E-state index contributed by atoms with van der Waals surface area (Å²) in [5, 5.41) is 5.89. The van der Waals surface area contributed by atoms with E-state index in [-0.39, 0.29) is 47.6 Å². The van der Waals surface area contributed by atoms with Crippen molar-refractivity contribution < 1.29 is 37.7 Å². The number of amides is 3. The van der Waals surface area contributed by atoms with Gasteiger partial charge >= 0.3 is 18.3 Å². The molecule has 0 atom stereocenters. The number of hydrogen-bond donors (Lipinski definition) is 2. The van der Waals surface area contributed by atoms with Gasteiger partial charge in [0, 0.05) is 28.9 Å². The number of nitrogens with zero attached hydrogens (tertiary/aromatic N) is 3. The van der Waals surface area contributed by atoms with Gasteiger partial charge in [0.25, 0.3) is 0 Å². The molecule has 12 nitrogen and oxygen atoms in total. The zero-order chi connectivity index (χ0) is 33.6. The monoisotopic (exact) mass is 637 g/mol. The Morgan fingerprint density at radius 3 is 2.30 bits per heavy atom. The van der Waals surface area contributed by atoms with Crippen LogP contribution in [0.3, 0.4) is 0 Å². The second-order valence-electron chi connectivity index (χ2n) is 13.7. The van der Waals surface area contributed by atoms with E-state index in [0.717, 1.165) is 12.8 Å². The van der Waals surface area contributed by atoms with Crippen molar-refractivity contribution >= 4 is 46.2 Å². The summed E-state index contributed by atoms with van der Waals surface area (Å²) in [4.78, 5) is 48.7. The zero-order valence-electron chi connectivity index (χ0n) is 27.4. The van der Waals surface area contributed by atoms with Crippen LogP contribution in [0.5, 0.6) is 5.88 Å². The maximum Gasteiger partial charge on any atom is 0.415 e. The van der Waals surface area contributed by atoms with Crippen molar-refractivity contribution in [3.8, 4) is 17.0 Å². The van der Waals surface area contributed by atoms with E-state index in [1.54, 1.807) is 60.6 Å². The van der Waals surface area contributed by atoms with Crippen LogP contribution in [0.25, 0.3) is 21.9 Å². The Kier molecular flexibility index (Phi) is 8.71. The molecule has 2 N–H and O–H groups in total. The molecule has 0 unspecified atom stereocenters. The average Bonchev–Trinajstić information content (AvgIpc) is 2.92. The highest BCUT2D eigenvalue weighted by molar-refractivity contribution is 6.05. The fraction of sp³-hybridized carbons (Fsp3) is 0.485. The van der Waals surface area contributed by atoms with Crippen LogP contribution in [0.1, 0.15) is 66.9 Å². The predicted octanol–water partition coefficient (Wildman–Crippen LogP) is 7.57. The fourth-order valence-corrected chi connectivity index (χ4v) is 5.38. The summed E-state index contributed by atoms with van der Waals surface area (Å²) in [5.74, 6) is 0.118. The normalized spacial score (nSPS) is 17.7. The zero-order valence-corrected chi connectivity index (χ0v) is 27.4. The van der Waals surface area contributed by atoms with E-state index < -0.39 is 35.3 Å². The number of hydrogen-bond acceptors (Lipinski definition) is 9. The lowest BCUT2D eigenvalue weighted by Gasteiger charge is -2.32. The largest absolute Gasteiger partial charge is 0.474 e. The molecular weight excluding hydrogens is 597 g/mol. The predicted molar refractivity (Wildman–Crippen MR) is 171 cm³/mol. The molecule has 246 valence electrons. The van der Waals surface area contributed by atoms with E-state index >= 15 is 4.39 Å². The number of ether oxygens (including phenoxy) is 4. The number of benzene rings is 1. The van der Waals surface area contributed by atoms with Crippen LogP contribution < -0.4 is 20.3 Å². The summed E-state index contributed by atoms with van der Waals surface area (Å²) in [6, 6.07) is 3.12. The molecule has 3 aromatic rings. The van der Waals surface area contributed by atoms with Gasteiger partial charge in [-0.3, -0.25) is 15.5 Å². The number of pyridine rings is 2. The molecule has 3 amide bonds. The van der Waals surface area contributed by atoms with Crippen LogP contribution in [-0.4, -0.2) is 58.7 Å². The number of nitrogens with one attached hydrogen (secondary N) is 2. The Balaban J connectivity index is 1.59. The van der Waals surface area contributed by atoms with Crippen molar-refractivity contribution in [2.75, 3.05) is 28.7 Å². The first-order chi connectivity index (χ1) is 21.5. The number of fused-ring (bicyclic) bond motifs is 2. The maximum absolute atomic E-state index is 16.6. The molecule has 3 heterocycles. The minimum Gasteiger partial charge on any atom is -0.474 e. The Bertz CT molecular complexity index is 1690. The minimum atomic E-state index is -0.866. The van der Waals surface area contributed by atoms with E-state index in [2.05, 4.69) is 27.5 Å². The molecule has 0 spiro atoms. The molecule has 1 aliphatic heterocycles. The number of aromatic nitrogens is 2. The lowest BCUT2D eigenvalue weighted by atomic mass is 9.84. The quantitative estimate of drug-likeness (QED) is 0.277. The van der Waals surface area contributed by atoms with E-state index in [4.69, 9.17) is 18.9 Å². The number of rotatable bonds is 4. The van der Waals surface area contributed by atoms with Crippen LogP contribution in [-0.2, 0) is 14.2 Å². The van der Waals surface area contributed by atoms with E-state index in [9.17, 15) is 14.4 Å². The number of carbonyl (C=O) groups excluding carboxylic acids is 3. The van der Waals surface area contributed by atoms with Crippen molar-refractivity contribution in [1.29, 1.82) is 0 Å². The van der Waals surface area contributed by atoms with Crippen LogP contribution in [0.4, 0.5) is 36.0 Å². The second-order valence-corrected chi connectivity index (χ2v) is 13.7. The maximum atomic E-state index is 16.6. The van der Waals surface area contributed by atoms with Crippen molar-refractivity contribution in [2.45, 2.75) is 85.5 Å². The van der Waals surface area contributed by atoms with Gasteiger partial charge < -0.3 is 18.9 Å². The Labute approximate surface area is 266 Å². The first-order valence-corrected chi connectivity index (χ1v) is 15.2. The third-order valence-electron chi connectivity index (χ3n) is 7.42. The van der Waals surface area contributed by atoms with E-state index in [1.165, 1.54) is 17.3 Å². The molecule has 1 saturated carbocycles. The summed E-state index contributed by atoms with van der Waals surface area (Å²) in [7, 11) is 0. The average molecular weight is 638 g/mol. The first kappa shape index (κ1) is 32.7. The topological polar surface area (TPSA) is 141 Å². The Morgan fingerprint density at radius 2 is 1.65 bits per heavy atom. The molecule has 2 aliphatic rings. The van der Waals surface area contributed by atoms with Gasteiger partial charge in [0.15, 0.2) is 5.82 Å². The minimum absolute atomic E-state index is 0.0734. The molecule has 0 saturated heterocycles. The van der Waals surface area contributed by atoms with Gasteiger partial charge in [0.1, 0.15) is 35.4 Å². The second kappa shape index (κ2) is 12.3. The number of halogens is 1. The van der Waals surface area contributed by atoms with Gasteiger partial charge in [-0.05, 0) is 90.3 Å². The molecule has 1 fully saturated rings. The van der Waals surface area contributed by atoms with Gasteiger partial charge in [-0.1, -0.05) is 6.92 Å². The molecular formula is C33H40FN5O7. The third kappa shape index (κ3) is 7.24. The summed E-state index contributed by atoms with van der Waals surface area (Å²) in [6.45, 7) is 14.6. The molecule has 13 heteroatoms. The smallest absolute Gasteiger partial charge is 0.415 e. The lowest BCUT2D eigenvalue weighted by Crippen LogP contribution is -2.42. The third-order valence-corrected chi connectivity index (χ3v) is 7.42. The molecule has 1 aromatic carbocycles. The lowest BCUT2D eigenvalue weighted by molar-refractivity contribution is 0.0310. The van der Waals surface area contributed by atoms with Crippen LogP contribution in [0, 0.1) is 18.7 Å². The van der Waals surface area contributed by atoms with Crippen molar-refractivity contribution in [3.05, 3.63) is 35.9 Å². The highest BCUT2D eigenvalue weighted by Gasteiger charge is 2.33. The molecule has 2 aromatic heterocycles. The number of carbonyl (C=O) groups is 3. The molecule has 0 bridgehead atoms. The van der Waals surface area contributed by atoms with E-state index in [1.807, 2.05) is 0 Å². The van der Waals surface area contributed by atoms with E-state index in [0.29, 0.717) is 28.1 Å². The van der Waals surface area contributed by atoms with Gasteiger partial charge in [0.05, 0.1) is 12.2 Å². The molecule has 5 rings (SSSR count). The highest BCUT2D eigenvalue weighted by atomic mass is 19.1. The first-order valence-electron chi connectivity index (χ1n) is 15.2. The van der Waals surface area contributed by atoms with Gasteiger partial charge in [-0.15, -0.1) is 0 Å². The van der Waals surface area contributed by atoms with Gasteiger partial charge in [0.2, 0.25) is 5.88 Å². The molecule has 1 aliphatic carbocycles. The standard InChI is InChI=1S/C33H40FN5O7/c1-17-11-20(12-17)44-29(40)37-24-14-19-13-21(25(34)26(23(19)16-35-24)38-30(41)45-32(3,4)5)22-15-36-28-27(18(22)2)39(9-10-43-28)31(42)46-33(6,7)8/h13-17,20H,9-12H2,1-8H3,(H,38,41)(H,35,37,40). The SMILES string of the molecule is Cc1c(-c2cc3cc(NC(=O)OC4CC(C)C4)ncc3c(NC(=O)OC(C)(C)C)c2F)cnc2c1N(C(=O)OC(C)(C)C)CCO2. The molecule has 46 heavy (non-hydrogen) atoms. The summed E-state index contributed by atoms with van der Waals surface area (Å²) in [6.07, 6.45) is 2.15. The summed E-state index contributed by atoms with van der Waals surface area (Å²) in [5.41, 5.74) is -0.495. The van der Waals surface area contributed by atoms with Crippen molar-refractivity contribution in [3.63, 3.8) is 0 Å². The van der Waals surface area contributed by atoms with Crippen LogP contribution >= 0.6 is 0 Å². The summed E-state index contributed by atoms with van der Waals surface area (Å²) >= 11 is 0. The Morgan fingerprint density at radius 1 is 0.957 bits per heavy atom. The molecule has 0 radical (unpaired) electrons.